The summed E-state index contributed by atoms with van der Waals surface area (Å²) in [6.45, 7) is 9.10. The van der Waals surface area contributed by atoms with E-state index in [0.29, 0.717) is 12.5 Å². The van der Waals surface area contributed by atoms with Crippen molar-refractivity contribution in [2.75, 3.05) is 39.9 Å². The number of carbonyl (C=O) groups excluding carboxylic acids is 1. The van der Waals surface area contributed by atoms with Crippen LogP contribution >= 0.6 is 0 Å². The third-order valence-corrected chi connectivity index (χ3v) is 5.34. The number of aromatic nitrogens is 2. The second kappa shape index (κ2) is 6.61. The third kappa shape index (κ3) is 3.15. The molecule has 2 aliphatic heterocycles. The van der Waals surface area contributed by atoms with Crippen LogP contribution in [0.4, 0.5) is 0 Å². The van der Waals surface area contributed by atoms with Gasteiger partial charge in [0.05, 0.1) is 17.7 Å². The fourth-order valence-corrected chi connectivity index (χ4v) is 3.88. The highest BCUT2D eigenvalue weighted by Crippen LogP contribution is 2.41. The molecule has 128 valence electrons. The zero-order chi connectivity index (χ0) is 16.4. The summed E-state index contributed by atoms with van der Waals surface area (Å²) < 4.78 is 5.11. The molecule has 3 rings (SSSR count). The predicted molar refractivity (Wildman–Crippen MR) is 88.1 cm³/mol. The van der Waals surface area contributed by atoms with Gasteiger partial charge in [-0.05, 0) is 26.3 Å². The molecule has 1 aromatic heterocycles. The Morgan fingerprint density at radius 3 is 2.83 bits per heavy atom. The largest absolute Gasteiger partial charge is 0.383 e. The Morgan fingerprint density at radius 2 is 2.13 bits per heavy atom. The lowest BCUT2D eigenvalue weighted by Crippen LogP contribution is -2.38. The number of H-pyrrole nitrogens is 1. The first-order valence-electron chi connectivity index (χ1n) is 8.63. The summed E-state index contributed by atoms with van der Waals surface area (Å²) >= 11 is 0. The van der Waals surface area contributed by atoms with Gasteiger partial charge in [-0.15, -0.1) is 0 Å². The second-order valence-electron chi connectivity index (χ2n) is 6.88. The molecule has 2 fully saturated rings. The zero-order valence-corrected chi connectivity index (χ0v) is 14.5. The van der Waals surface area contributed by atoms with E-state index in [1.54, 1.807) is 7.11 Å². The Labute approximate surface area is 138 Å². The molecule has 1 amide bonds. The number of hydrogen-bond acceptors (Lipinski definition) is 4. The van der Waals surface area contributed by atoms with E-state index in [1.165, 1.54) is 0 Å². The Morgan fingerprint density at radius 1 is 1.35 bits per heavy atom. The minimum absolute atomic E-state index is 0.161. The van der Waals surface area contributed by atoms with Crippen LogP contribution in [0.5, 0.6) is 0 Å². The molecule has 2 aliphatic rings. The minimum Gasteiger partial charge on any atom is -0.383 e. The smallest absolute Gasteiger partial charge is 0.230 e. The molecular formula is C17H28N4O2. The number of aromatic amines is 1. The van der Waals surface area contributed by atoms with Crippen LogP contribution in [0, 0.1) is 12.3 Å². The van der Waals surface area contributed by atoms with Crippen molar-refractivity contribution in [3.05, 3.63) is 17.2 Å². The lowest BCUT2D eigenvalue weighted by atomic mass is 9.85. The van der Waals surface area contributed by atoms with Gasteiger partial charge in [0, 0.05) is 45.4 Å². The summed E-state index contributed by atoms with van der Waals surface area (Å²) in [4.78, 5) is 25.1. The maximum absolute atomic E-state index is 12.8. The van der Waals surface area contributed by atoms with Gasteiger partial charge in [-0.2, -0.15) is 0 Å². The van der Waals surface area contributed by atoms with E-state index in [-0.39, 0.29) is 5.41 Å². The lowest BCUT2D eigenvalue weighted by molar-refractivity contribution is -0.136. The van der Waals surface area contributed by atoms with Gasteiger partial charge in [0.25, 0.3) is 0 Å². The van der Waals surface area contributed by atoms with Crippen molar-refractivity contribution in [3.63, 3.8) is 0 Å². The van der Waals surface area contributed by atoms with Gasteiger partial charge >= 0.3 is 0 Å². The van der Waals surface area contributed by atoms with Crippen molar-refractivity contribution in [2.24, 2.45) is 5.41 Å². The topological polar surface area (TPSA) is 61.5 Å². The molecule has 1 aromatic rings. The normalized spacial score (nSPS) is 25.2. The molecule has 0 radical (unpaired) electrons. The van der Waals surface area contributed by atoms with Crippen LogP contribution in [-0.4, -0.2) is 65.6 Å². The maximum atomic E-state index is 12.8. The number of ether oxygens (including phenoxy) is 1. The van der Waals surface area contributed by atoms with Gasteiger partial charge in [-0.25, -0.2) is 4.98 Å². The first-order valence-corrected chi connectivity index (χ1v) is 8.63. The fourth-order valence-electron chi connectivity index (χ4n) is 3.88. The van der Waals surface area contributed by atoms with Gasteiger partial charge < -0.3 is 14.6 Å². The van der Waals surface area contributed by atoms with Crippen LogP contribution < -0.4 is 0 Å². The number of imidazole rings is 1. The number of methoxy groups -OCH3 is 1. The number of likely N-dealkylation sites (tertiary alicyclic amines) is 2. The van der Waals surface area contributed by atoms with Crippen molar-refractivity contribution in [3.8, 4) is 0 Å². The van der Waals surface area contributed by atoms with E-state index in [1.807, 2.05) is 4.90 Å². The number of aryl methyl sites for hydroxylation is 2. The van der Waals surface area contributed by atoms with Crippen LogP contribution in [-0.2, 0) is 22.5 Å². The number of carbonyl (C=O) groups is 1. The molecule has 1 N–H and O–H groups in total. The molecule has 0 saturated carbocycles. The summed E-state index contributed by atoms with van der Waals surface area (Å²) in [6, 6.07) is 0. The Balaban J connectivity index is 1.62. The molecule has 0 aliphatic carbocycles. The van der Waals surface area contributed by atoms with E-state index in [2.05, 4.69) is 28.7 Å². The standard InChI is InChI=1S/C17H28N4O2/c1-4-15-18-13(2)14(19-15)11-20-7-5-17(12-20)6-8-21(16(17)22)9-10-23-3/h4-12H2,1-3H3,(H,18,19). The van der Waals surface area contributed by atoms with E-state index in [9.17, 15) is 4.79 Å². The monoisotopic (exact) mass is 320 g/mol. The van der Waals surface area contributed by atoms with Gasteiger partial charge in [0.2, 0.25) is 5.91 Å². The van der Waals surface area contributed by atoms with Crippen LogP contribution in [0.2, 0.25) is 0 Å². The number of hydrogen-bond donors (Lipinski definition) is 1. The zero-order valence-electron chi connectivity index (χ0n) is 14.5. The van der Waals surface area contributed by atoms with Gasteiger partial charge in [0.1, 0.15) is 5.82 Å². The van der Waals surface area contributed by atoms with Crippen LogP contribution in [0.3, 0.4) is 0 Å². The molecular weight excluding hydrogens is 292 g/mol. The molecule has 6 nitrogen and oxygen atoms in total. The van der Waals surface area contributed by atoms with E-state index < -0.39 is 0 Å². The SMILES string of the molecule is CCc1nc(CN2CCC3(CCN(CCOC)C3=O)C2)c(C)[nH]1. The molecule has 3 heterocycles. The van der Waals surface area contributed by atoms with E-state index in [0.717, 1.165) is 69.2 Å². The minimum atomic E-state index is -0.161. The Hall–Kier alpha value is -1.40. The van der Waals surface area contributed by atoms with Crippen LogP contribution in [0.25, 0.3) is 0 Å². The second-order valence-corrected chi connectivity index (χ2v) is 6.88. The summed E-state index contributed by atoms with van der Waals surface area (Å²) in [5.41, 5.74) is 2.12. The van der Waals surface area contributed by atoms with Gasteiger partial charge in [-0.1, -0.05) is 6.92 Å². The third-order valence-electron chi connectivity index (χ3n) is 5.34. The van der Waals surface area contributed by atoms with E-state index in [4.69, 9.17) is 4.74 Å². The summed E-state index contributed by atoms with van der Waals surface area (Å²) in [5.74, 6) is 1.37. The molecule has 0 bridgehead atoms. The Bertz CT molecular complexity index is 571. The molecule has 0 aromatic carbocycles. The molecule has 6 heteroatoms. The van der Waals surface area contributed by atoms with Crippen molar-refractivity contribution in [1.82, 2.24) is 19.8 Å². The van der Waals surface area contributed by atoms with Crippen molar-refractivity contribution in [1.29, 1.82) is 0 Å². The van der Waals surface area contributed by atoms with Crippen molar-refractivity contribution < 1.29 is 9.53 Å². The molecule has 2 saturated heterocycles. The average molecular weight is 320 g/mol. The first kappa shape index (κ1) is 16.5. The van der Waals surface area contributed by atoms with Crippen LogP contribution in [0.1, 0.15) is 37.0 Å². The molecule has 23 heavy (non-hydrogen) atoms. The highest BCUT2D eigenvalue weighted by Gasteiger charge is 2.50. The number of rotatable bonds is 6. The lowest BCUT2D eigenvalue weighted by Gasteiger charge is -2.23. The predicted octanol–water partition coefficient (Wildman–Crippen LogP) is 1.35. The van der Waals surface area contributed by atoms with Gasteiger partial charge in [-0.3, -0.25) is 9.69 Å². The quantitative estimate of drug-likeness (QED) is 0.859. The summed E-state index contributed by atoms with van der Waals surface area (Å²) in [6.07, 6.45) is 2.88. The number of nitrogens with one attached hydrogen (secondary N) is 1. The highest BCUT2D eigenvalue weighted by atomic mass is 16.5. The van der Waals surface area contributed by atoms with Gasteiger partial charge in [0.15, 0.2) is 0 Å². The highest BCUT2D eigenvalue weighted by molar-refractivity contribution is 5.85. The van der Waals surface area contributed by atoms with Crippen LogP contribution in [0.15, 0.2) is 0 Å². The molecule has 1 atom stereocenters. The van der Waals surface area contributed by atoms with Crippen molar-refractivity contribution >= 4 is 5.91 Å². The first-order chi connectivity index (χ1) is 11.1. The van der Waals surface area contributed by atoms with E-state index >= 15 is 0 Å². The number of amides is 1. The van der Waals surface area contributed by atoms with Crippen molar-refractivity contribution in [2.45, 2.75) is 39.7 Å². The molecule has 1 unspecified atom stereocenters. The Kier molecular flexibility index (Phi) is 4.73. The summed E-state index contributed by atoms with van der Waals surface area (Å²) in [5, 5.41) is 0. The fraction of sp³-hybridized carbons (Fsp3) is 0.765. The summed E-state index contributed by atoms with van der Waals surface area (Å²) in [7, 11) is 1.68. The average Bonchev–Trinajstić information content (AvgIpc) is 3.20. The maximum Gasteiger partial charge on any atom is 0.230 e. The molecule has 1 spiro atoms. The number of nitrogens with zero attached hydrogens (tertiary/aromatic N) is 3.